The van der Waals surface area contributed by atoms with Crippen LogP contribution in [0.1, 0.15) is 36.0 Å². The maximum absolute atomic E-state index is 14.5. The van der Waals surface area contributed by atoms with Crippen molar-refractivity contribution in [1.82, 2.24) is 9.80 Å². The molecule has 2 saturated heterocycles. The number of hydrogen-bond acceptors (Lipinski definition) is 6. The standard InChI is InChI=1S/C34H28F9N3O5S/c35-24-8-10-25(11-9-24)52(49,50)31(14-17-46(20-31)30(48)21-13-16-45(18-21)29(47)12-15-44)22-4-6-23(7-5-22)32(33(38,39)40,34(41,42)43)51-19-26-27(36)2-1-3-28(26)37/h1-11,21H,12-14,16-20H2. The van der Waals surface area contributed by atoms with Crippen molar-refractivity contribution in [3.8, 4) is 6.07 Å². The van der Waals surface area contributed by atoms with E-state index in [9.17, 15) is 57.5 Å². The first kappa shape index (κ1) is 38.6. The van der Waals surface area contributed by atoms with Gasteiger partial charge in [0.05, 0.1) is 23.5 Å². The molecule has 2 heterocycles. The van der Waals surface area contributed by atoms with Crippen molar-refractivity contribution >= 4 is 21.7 Å². The zero-order chi connectivity index (χ0) is 38.3. The van der Waals surface area contributed by atoms with E-state index in [0.29, 0.717) is 36.4 Å². The third kappa shape index (κ3) is 6.71. The molecule has 278 valence electrons. The van der Waals surface area contributed by atoms with E-state index in [1.165, 1.54) is 9.80 Å². The minimum absolute atomic E-state index is 0.0595. The number of hydrogen-bond donors (Lipinski definition) is 0. The minimum Gasteiger partial charge on any atom is -0.349 e. The van der Waals surface area contributed by atoms with Gasteiger partial charge in [-0.2, -0.15) is 31.6 Å². The third-order valence-electron chi connectivity index (χ3n) is 9.41. The molecule has 0 aromatic heterocycles. The normalized spacial score (nSPS) is 19.9. The SMILES string of the molecule is N#CCC(=O)N1CCC(C(=O)N2CCC(c3ccc(C(OCc4c(F)cccc4F)(C(F)(F)F)C(F)(F)F)cc3)(S(=O)(=O)c3ccc(F)cc3)C2)C1. The van der Waals surface area contributed by atoms with E-state index in [2.05, 4.69) is 4.74 Å². The number of carbonyl (C=O) groups excluding carboxylic acids is 2. The molecule has 2 aliphatic heterocycles. The highest BCUT2D eigenvalue weighted by atomic mass is 32.2. The molecule has 18 heteroatoms. The molecule has 2 unspecified atom stereocenters. The number of alkyl halides is 6. The summed E-state index contributed by atoms with van der Waals surface area (Å²) in [5.41, 5.74) is -8.23. The van der Waals surface area contributed by atoms with E-state index in [4.69, 9.17) is 5.26 Å². The Kier molecular flexibility index (Phi) is 10.4. The summed E-state index contributed by atoms with van der Waals surface area (Å²) in [5, 5.41) is 8.84. The van der Waals surface area contributed by atoms with Gasteiger partial charge in [0.2, 0.25) is 11.8 Å². The molecule has 0 radical (unpaired) electrons. The number of rotatable bonds is 9. The lowest BCUT2D eigenvalue weighted by Gasteiger charge is -2.38. The number of ether oxygens (including phenoxy) is 1. The molecule has 5 rings (SSSR count). The summed E-state index contributed by atoms with van der Waals surface area (Å²) in [7, 11) is -4.67. The maximum atomic E-state index is 14.5. The zero-order valence-corrected chi connectivity index (χ0v) is 27.6. The van der Waals surface area contributed by atoms with Crippen LogP contribution in [-0.2, 0) is 41.1 Å². The van der Waals surface area contributed by atoms with Gasteiger partial charge in [-0.05, 0) is 54.8 Å². The van der Waals surface area contributed by atoms with Crippen LogP contribution in [0, 0.1) is 34.7 Å². The van der Waals surface area contributed by atoms with E-state index in [0.717, 1.165) is 30.3 Å². The van der Waals surface area contributed by atoms with Gasteiger partial charge in [-0.3, -0.25) is 9.59 Å². The molecule has 2 atom stereocenters. The van der Waals surface area contributed by atoms with E-state index < -0.39 is 103 Å². The minimum atomic E-state index is -6.26. The second-order valence-corrected chi connectivity index (χ2v) is 14.6. The maximum Gasteiger partial charge on any atom is 0.430 e. The van der Waals surface area contributed by atoms with E-state index in [-0.39, 0.29) is 38.0 Å². The van der Waals surface area contributed by atoms with Gasteiger partial charge in [-0.15, -0.1) is 0 Å². The molecule has 2 fully saturated rings. The van der Waals surface area contributed by atoms with E-state index >= 15 is 0 Å². The first-order chi connectivity index (χ1) is 24.3. The molecule has 0 bridgehead atoms. The van der Waals surface area contributed by atoms with Crippen molar-refractivity contribution in [2.75, 3.05) is 26.2 Å². The smallest absolute Gasteiger partial charge is 0.349 e. The van der Waals surface area contributed by atoms with Gasteiger partial charge in [0.15, 0.2) is 9.84 Å². The average Bonchev–Trinajstić information content (AvgIpc) is 3.75. The largest absolute Gasteiger partial charge is 0.430 e. The Morgan fingerprint density at radius 2 is 1.46 bits per heavy atom. The fourth-order valence-electron chi connectivity index (χ4n) is 6.64. The molecule has 0 aliphatic carbocycles. The predicted octanol–water partition coefficient (Wildman–Crippen LogP) is 6.30. The predicted molar refractivity (Wildman–Crippen MR) is 163 cm³/mol. The highest BCUT2D eigenvalue weighted by Crippen LogP contribution is 2.54. The molecule has 0 N–H and O–H groups in total. The fraction of sp³-hybridized carbons (Fsp3) is 0.382. The number of amides is 2. The second kappa shape index (κ2) is 14.1. The lowest BCUT2D eigenvalue weighted by molar-refractivity contribution is -0.392. The summed E-state index contributed by atoms with van der Waals surface area (Å²) >= 11 is 0. The Labute approximate surface area is 291 Å². The van der Waals surface area contributed by atoms with Crippen molar-refractivity contribution in [3.63, 3.8) is 0 Å². The Bertz CT molecular complexity index is 1950. The van der Waals surface area contributed by atoms with Gasteiger partial charge < -0.3 is 14.5 Å². The first-order valence-electron chi connectivity index (χ1n) is 15.5. The number of nitrogens with zero attached hydrogens (tertiary/aromatic N) is 3. The number of benzene rings is 3. The van der Waals surface area contributed by atoms with E-state index in [1.807, 2.05) is 0 Å². The van der Waals surface area contributed by atoms with Crippen molar-refractivity contribution in [3.05, 3.63) is 101 Å². The molecule has 3 aromatic rings. The van der Waals surface area contributed by atoms with Crippen LogP contribution in [0.25, 0.3) is 0 Å². The zero-order valence-electron chi connectivity index (χ0n) is 26.8. The number of likely N-dealkylation sites (tertiary alicyclic amines) is 2. The molecule has 2 aliphatic rings. The Morgan fingerprint density at radius 1 is 0.865 bits per heavy atom. The van der Waals surface area contributed by atoms with Gasteiger partial charge >= 0.3 is 12.4 Å². The van der Waals surface area contributed by atoms with Gasteiger partial charge in [-0.25, -0.2) is 21.6 Å². The molecular formula is C34H28F9N3O5S. The molecule has 8 nitrogen and oxygen atoms in total. The van der Waals surface area contributed by atoms with Crippen molar-refractivity contribution in [2.24, 2.45) is 5.92 Å². The summed E-state index contributed by atoms with van der Waals surface area (Å²) in [5.74, 6) is -5.58. The van der Waals surface area contributed by atoms with Crippen LogP contribution >= 0.6 is 0 Å². The molecule has 3 aromatic carbocycles. The first-order valence-corrected chi connectivity index (χ1v) is 17.0. The average molecular weight is 762 g/mol. The number of carbonyl (C=O) groups is 2. The van der Waals surface area contributed by atoms with Crippen molar-refractivity contribution < 1.29 is 62.3 Å². The number of sulfone groups is 1. The summed E-state index contributed by atoms with van der Waals surface area (Å²) in [6, 6.07) is 9.43. The van der Waals surface area contributed by atoms with E-state index in [1.54, 1.807) is 6.07 Å². The number of nitriles is 1. The van der Waals surface area contributed by atoms with Gasteiger partial charge in [0, 0.05) is 37.3 Å². The Morgan fingerprint density at radius 3 is 2.02 bits per heavy atom. The van der Waals surface area contributed by atoms with Gasteiger partial charge in [0.1, 0.15) is 28.6 Å². The summed E-state index contributed by atoms with van der Waals surface area (Å²) in [4.78, 5) is 27.8. The van der Waals surface area contributed by atoms with Crippen LogP contribution in [0.15, 0.2) is 71.6 Å². The lowest BCUT2D eigenvalue weighted by atomic mass is 9.88. The van der Waals surface area contributed by atoms with Crippen LogP contribution in [0.4, 0.5) is 39.5 Å². The number of halogens is 9. The van der Waals surface area contributed by atoms with Crippen molar-refractivity contribution in [2.45, 2.75) is 53.5 Å². The lowest BCUT2D eigenvalue weighted by Crippen LogP contribution is -2.56. The van der Waals surface area contributed by atoms with Crippen LogP contribution in [0.3, 0.4) is 0 Å². The van der Waals surface area contributed by atoms with Crippen LogP contribution in [0.2, 0.25) is 0 Å². The highest BCUT2D eigenvalue weighted by Gasteiger charge is 2.73. The molecule has 0 spiro atoms. The second-order valence-electron chi connectivity index (χ2n) is 12.4. The summed E-state index contributed by atoms with van der Waals surface area (Å²) in [6.07, 6.45) is -13.1. The molecule has 0 saturated carbocycles. The summed E-state index contributed by atoms with van der Waals surface area (Å²) < 4.78 is 160. The quantitative estimate of drug-likeness (QED) is 0.187. The highest BCUT2D eigenvalue weighted by molar-refractivity contribution is 7.92. The van der Waals surface area contributed by atoms with Crippen LogP contribution in [0.5, 0.6) is 0 Å². The molecule has 2 amide bonds. The molecule has 52 heavy (non-hydrogen) atoms. The van der Waals surface area contributed by atoms with Crippen molar-refractivity contribution in [1.29, 1.82) is 5.26 Å². The summed E-state index contributed by atoms with van der Waals surface area (Å²) in [6.45, 7) is -2.54. The Balaban J connectivity index is 1.56. The van der Waals surface area contributed by atoms with Gasteiger partial charge in [0.25, 0.3) is 5.60 Å². The van der Waals surface area contributed by atoms with Gasteiger partial charge in [-0.1, -0.05) is 30.3 Å². The molecular weight excluding hydrogens is 733 g/mol. The third-order valence-corrected chi connectivity index (χ3v) is 11.9. The topological polar surface area (TPSA) is 108 Å². The van der Waals surface area contributed by atoms with Crippen LogP contribution < -0.4 is 0 Å². The monoisotopic (exact) mass is 761 g/mol. The fourth-order valence-corrected chi connectivity index (χ4v) is 8.72. The Hall–Kier alpha value is -4.63. The van der Waals surface area contributed by atoms with Crippen LogP contribution in [-0.4, -0.2) is 68.6 Å².